The van der Waals surface area contributed by atoms with E-state index in [4.69, 9.17) is 5.26 Å². The van der Waals surface area contributed by atoms with Gasteiger partial charge in [-0.05, 0) is 36.4 Å². The molecule has 0 aliphatic heterocycles. The van der Waals surface area contributed by atoms with Gasteiger partial charge in [0.25, 0.3) is 5.91 Å². The van der Waals surface area contributed by atoms with Crippen LogP contribution < -0.4 is 10.6 Å². The molecule has 3 aromatic rings. The maximum atomic E-state index is 13.6. The van der Waals surface area contributed by atoms with E-state index in [1.54, 1.807) is 30.3 Å². The van der Waals surface area contributed by atoms with Crippen LogP contribution in [0.15, 0.2) is 60.8 Å². The molecule has 0 saturated carbocycles. The summed E-state index contributed by atoms with van der Waals surface area (Å²) < 4.78 is 27.2. The second kappa shape index (κ2) is 7.40. The molecule has 3 rings (SSSR count). The Hall–Kier alpha value is -3.79. The lowest BCUT2D eigenvalue weighted by Gasteiger charge is -2.09. The van der Waals surface area contributed by atoms with Gasteiger partial charge < -0.3 is 10.6 Å². The number of benzene rings is 2. The summed E-state index contributed by atoms with van der Waals surface area (Å²) in [6.07, 6.45) is 1.39. The van der Waals surface area contributed by atoms with Crippen molar-refractivity contribution in [2.45, 2.75) is 0 Å². The molecule has 0 atom stereocenters. The van der Waals surface area contributed by atoms with Crippen LogP contribution >= 0.6 is 0 Å². The Kier molecular flexibility index (Phi) is 4.85. The summed E-state index contributed by atoms with van der Waals surface area (Å²) in [6, 6.07) is 15.3. The van der Waals surface area contributed by atoms with Gasteiger partial charge in [-0.15, -0.1) is 0 Å². The summed E-state index contributed by atoms with van der Waals surface area (Å²) in [4.78, 5) is 16.1. The first-order chi connectivity index (χ1) is 12.6. The van der Waals surface area contributed by atoms with Crippen LogP contribution in [0, 0.1) is 23.0 Å². The van der Waals surface area contributed by atoms with Gasteiger partial charge in [-0.1, -0.05) is 18.2 Å². The number of hydrogen-bond donors (Lipinski definition) is 2. The summed E-state index contributed by atoms with van der Waals surface area (Å²) in [7, 11) is 0. The van der Waals surface area contributed by atoms with E-state index in [0.29, 0.717) is 16.9 Å². The highest BCUT2D eigenvalue weighted by Gasteiger charge is 2.14. The minimum absolute atomic E-state index is 0.00762. The zero-order chi connectivity index (χ0) is 18.5. The van der Waals surface area contributed by atoms with E-state index in [0.717, 1.165) is 12.1 Å². The van der Waals surface area contributed by atoms with Crippen molar-refractivity contribution in [1.29, 1.82) is 5.26 Å². The monoisotopic (exact) mass is 350 g/mol. The van der Waals surface area contributed by atoms with E-state index in [1.165, 1.54) is 18.3 Å². The minimum atomic E-state index is -0.871. The molecule has 0 spiro atoms. The SMILES string of the molecule is N#Cc1ccccc1Nc1ccc(C(=O)Nc2c(F)cccc2F)nc1. The molecule has 0 aliphatic rings. The number of amides is 1. The van der Waals surface area contributed by atoms with Gasteiger partial charge in [0.05, 0.1) is 23.1 Å². The zero-order valence-electron chi connectivity index (χ0n) is 13.3. The molecule has 0 saturated heterocycles. The molecule has 2 aromatic carbocycles. The van der Waals surface area contributed by atoms with Crippen LogP contribution in [0.5, 0.6) is 0 Å². The van der Waals surface area contributed by atoms with E-state index in [2.05, 4.69) is 21.7 Å². The number of aromatic nitrogens is 1. The Balaban J connectivity index is 1.75. The lowest BCUT2D eigenvalue weighted by molar-refractivity contribution is 0.102. The number of carbonyl (C=O) groups is 1. The van der Waals surface area contributed by atoms with Crippen LogP contribution in [0.3, 0.4) is 0 Å². The van der Waals surface area contributed by atoms with E-state index in [1.807, 2.05) is 0 Å². The molecular formula is C19H12F2N4O. The minimum Gasteiger partial charge on any atom is -0.353 e. The number of pyridine rings is 1. The molecule has 2 N–H and O–H groups in total. The fraction of sp³-hybridized carbons (Fsp3) is 0. The molecule has 128 valence electrons. The molecule has 0 fully saturated rings. The third-order valence-electron chi connectivity index (χ3n) is 3.52. The highest BCUT2D eigenvalue weighted by molar-refractivity contribution is 6.03. The second-order valence-electron chi connectivity index (χ2n) is 5.27. The van der Waals surface area contributed by atoms with Crippen molar-refractivity contribution in [3.63, 3.8) is 0 Å². The molecule has 5 nitrogen and oxygen atoms in total. The van der Waals surface area contributed by atoms with Gasteiger partial charge in [0.1, 0.15) is 29.1 Å². The van der Waals surface area contributed by atoms with Crippen molar-refractivity contribution in [1.82, 2.24) is 4.98 Å². The molecule has 0 aliphatic carbocycles. The van der Waals surface area contributed by atoms with Crippen LogP contribution in [0.2, 0.25) is 0 Å². The second-order valence-corrected chi connectivity index (χ2v) is 5.27. The highest BCUT2D eigenvalue weighted by Crippen LogP contribution is 2.21. The van der Waals surface area contributed by atoms with Crippen LogP contribution in [-0.4, -0.2) is 10.9 Å². The predicted octanol–water partition coefficient (Wildman–Crippen LogP) is 4.23. The lowest BCUT2D eigenvalue weighted by Crippen LogP contribution is -2.15. The van der Waals surface area contributed by atoms with Gasteiger partial charge in [0.2, 0.25) is 0 Å². The maximum absolute atomic E-state index is 13.6. The van der Waals surface area contributed by atoms with Crippen LogP contribution in [0.4, 0.5) is 25.8 Å². The molecule has 1 heterocycles. The first-order valence-electron chi connectivity index (χ1n) is 7.56. The van der Waals surface area contributed by atoms with Crippen LogP contribution in [-0.2, 0) is 0 Å². The smallest absolute Gasteiger partial charge is 0.274 e. The Morgan fingerprint density at radius 2 is 1.73 bits per heavy atom. The van der Waals surface area contributed by atoms with Gasteiger partial charge in [-0.2, -0.15) is 5.26 Å². The summed E-state index contributed by atoms with van der Waals surface area (Å²) in [6.45, 7) is 0. The number of nitriles is 1. The Labute approximate surface area is 147 Å². The molecule has 0 bridgehead atoms. The Morgan fingerprint density at radius 1 is 1.00 bits per heavy atom. The molecular weight excluding hydrogens is 338 g/mol. The fourth-order valence-electron chi connectivity index (χ4n) is 2.24. The zero-order valence-corrected chi connectivity index (χ0v) is 13.3. The normalized spacial score (nSPS) is 10.0. The van der Waals surface area contributed by atoms with Gasteiger partial charge >= 0.3 is 0 Å². The summed E-state index contributed by atoms with van der Waals surface area (Å²) in [5.41, 5.74) is 1.09. The topological polar surface area (TPSA) is 77.8 Å². The number of hydrogen-bond acceptors (Lipinski definition) is 4. The van der Waals surface area contributed by atoms with Gasteiger partial charge in [0, 0.05) is 0 Å². The summed E-state index contributed by atoms with van der Waals surface area (Å²) in [5.74, 6) is -2.48. The molecule has 0 unspecified atom stereocenters. The van der Waals surface area contributed by atoms with Gasteiger partial charge in [-0.3, -0.25) is 4.79 Å². The summed E-state index contributed by atoms with van der Waals surface area (Å²) >= 11 is 0. The van der Waals surface area contributed by atoms with Gasteiger partial charge in [0.15, 0.2) is 0 Å². The van der Waals surface area contributed by atoms with Crippen molar-refractivity contribution in [3.05, 3.63) is 83.7 Å². The molecule has 0 radical (unpaired) electrons. The lowest BCUT2D eigenvalue weighted by atomic mass is 10.2. The van der Waals surface area contributed by atoms with E-state index in [-0.39, 0.29) is 5.69 Å². The molecule has 1 amide bonds. The maximum Gasteiger partial charge on any atom is 0.274 e. The van der Waals surface area contributed by atoms with E-state index < -0.39 is 23.2 Å². The number of nitrogens with one attached hydrogen (secondary N) is 2. The highest BCUT2D eigenvalue weighted by atomic mass is 19.1. The number of nitrogens with zero attached hydrogens (tertiary/aromatic N) is 2. The van der Waals surface area contributed by atoms with Gasteiger partial charge in [-0.25, -0.2) is 13.8 Å². The third kappa shape index (κ3) is 3.65. The number of carbonyl (C=O) groups excluding carboxylic acids is 1. The summed E-state index contributed by atoms with van der Waals surface area (Å²) in [5, 5.41) is 14.3. The third-order valence-corrected chi connectivity index (χ3v) is 3.52. The van der Waals surface area contributed by atoms with E-state index >= 15 is 0 Å². The van der Waals surface area contributed by atoms with E-state index in [9.17, 15) is 13.6 Å². The Bertz CT molecular complexity index is 977. The number of anilines is 3. The quantitative estimate of drug-likeness (QED) is 0.738. The molecule has 7 heteroatoms. The number of rotatable bonds is 4. The van der Waals surface area contributed by atoms with Crippen LogP contribution in [0.1, 0.15) is 16.1 Å². The first-order valence-corrected chi connectivity index (χ1v) is 7.56. The van der Waals surface area contributed by atoms with Crippen molar-refractivity contribution in [3.8, 4) is 6.07 Å². The Morgan fingerprint density at radius 3 is 2.38 bits per heavy atom. The number of halogens is 2. The largest absolute Gasteiger partial charge is 0.353 e. The fourth-order valence-corrected chi connectivity index (χ4v) is 2.24. The average Bonchev–Trinajstić information content (AvgIpc) is 2.66. The van der Waals surface area contributed by atoms with Crippen LogP contribution in [0.25, 0.3) is 0 Å². The average molecular weight is 350 g/mol. The standard InChI is InChI=1S/C19H12F2N4O/c20-14-5-3-6-15(21)18(14)25-19(26)17-9-8-13(11-23-17)24-16-7-2-1-4-12(16)10-22/h1-9,11,24H,(H,25,26). The number of para-hydroxylation sites is 2. The molecule has 1 aromatic heterocycles. The predicted molar refractivity (Wildman–Crippen MR) is 93.0 cm³/mol. The first kappa shape index (κ1) is 17.0. The van der Waals surface area contributed by atoms with Crippen molar-refractivity contribution < 1.29 is 13.6 Å². The van der Waals surface area contributed by atoms with Crippen molar-refractivity contribution in [2.75, 3.05) is 10.6 Å². The van der Waals surface area contributed by atoms with Crippen molar-refractivity contribution in [2.24, 2.45) is 0 Å². The van der Waals surface area contributed by atoms with Crippen molar-refractivity contribution >= 4 is 23.0 Å². The molecule has 26 heavy (non-hydrogen) atoms.